The molecule has 0 fully saturated rings. The summed E-state index contributed by atoms with van der Waals surface area (Å²) in [5.41, 5.74) is 9.13. The van der Waals surface area contributed by atoms with Gasteiger partial charge in [0.05, 0.1) is 6.20 Å². The van der Waals surface area contributed by atoms with E-state index in [4.69, 9.17) is 5.73 Å². The molecule has 0 spiro atoms. The van der Waals surface area contributed by atoms with Crippen molar-refractivity contribution >= 4 is 5.69 Å². The first-order valence-corrected chi connectivity index (χ1v) is 5.79. The third-order valence-electron chi connectivity index (χ3n) is 2.82. The van der Waals surface area contributed by atoms with Crippen LogP contribution in [-0.4, -0.2) is 25.1 Å². The third kappa shape index (κ3) is 2.15. The summed E-state index contributed by atoms with van der Waals surface area (Å²) in [4.78, 5) is 12.6. The van der Waals surface area contributed by atoms with Crippen molar-refractivity contribution in [1.82, 2.24) is 25.1 Å². The Hall–Kier alpha value is -2.76. The molecule has 0 saturated heterocycles. The molecule has 6 heteroatoms. The van der Waals surface area contributed by atoms with Gasteiger partial charge in [-0.1, -0.05) is 0 Å². The molecule has 0 unspecified atom stereocenters. The Bertz CT molecular complexity index is 704. The summed E-state index contributed by atoms with van der Waals surface area (Å²) in [6, 6.07) is 5.70. The molecule has 2 aromatic heterocycles. The van der Waals surface area contributed by atoms with Crippen molar-refractivity contribution in [2.24, 2.45) is 0 Å². The molecule has 6 nitrogen and oxygen atoms in total. The van der Waals surface area contributed by atoms with Crippen LogP contribution >= 0.6 is 0 Å². The fourth-order valence-electron chi connectivity index (χ4n) is 1.74. The lowest BCUT2D eigenvalue weighted by Crippen LogP contribution is -1.90. The van der Waals surface area contributed by atoms with Gasteiger partial charge in [0.1, 0.15) is 5.69 Å². The van der Waals surface area contributed by atoms with E-state index in [1.807, 2.05) is 25.1 Å². The van der Waals surface area contributed by atoms with Gasteiger partial charge < -0.3 is 5.73 Å². The first-order valence-electron chi connectivity index (χ1n) is 5.79. The molecular formula is C13H12N6. The molecule has 0 atom stereocenters. The fourth-order valence-corrected chi connectivity index (χ4v) is 1.74. The Balaban J connectivity index is 1.99. The van der Waals surface area contributed by atoms with E-state index in [1.165, 1.54) is 0 Å². The molecule has 0 aliphatic rings. The van der Waals surface area contributed by atoms with Crippen molar-refractivity contribution in [2.45, 2.75) is 6.92 Å². The van der Waals surface area contributed by atoms with Crippen molar-refractivity contribution in [2.75, 3.05) is 5.73 Å². The maximum absolute atomic E-state index is 5.80. The highest BCUT2D eigenvalue weighted by atomic mass is 15.2. The van der Waals surface area contributed by atoms with Gasteiger partial charge in [0.2, 0.25) is 0 Å². The number of nitrogens with zero attached hydrogens (tertiary/aromatic N) is 4. The van der Waals surface area contributed by atoms with E-state index in [-0.39, 0.29) is 0 Å². The Labute approximate surface area is 109 Å². The molecule has 0 amide bonds. The predicted octanol–water partition coefficient (Wildman–Crippen LogP) is 1.82. The number of H-pyrrole nitrogens is 1. The fraction of sp³-hybridized carbons (Fsp3) is 0.0769. The zero-order valence-corrected chi connectivity index (χ0v) is 10.3. The van der Waals surface area contributed by atoms with Gasteiger partial charge in [0, 0.05) is 23.6 Å². The molecule has 19 heavy (non-hydrogen) atoms. The zero-order chi connectivity index (χ0) is 13.2. The number of hydrogen-bond donors (Lipinski definition) is 2. The monoisotopic (exact) mass is 252 g/mol. The molecule has 3 rings (SSSR count). The van der Waals surface area contributed by atoms with Gasteiger partial charge in [-0.15, -0.1) is 0 Å². The average molecular weight is 252 g/mol. The smallest absolute Gasteiger partial charge is 0.181 e. The van der Waals surface area contributed by atoms with Crippen LogP contribution in [0.2, 0.25) is 0 Å². The normalized spacial score (nSPS) is 10.6. The van der Waals surface area contributed by atoms with E-state index < -0.39 is 0 Å². The summed E-state index contributed by atoms with van der Waals surface area (Å²) in [7, 11) is 0. The van der Waals surface area contributed by atoms with E-state index in [0.717, 1.165) is 16.8 Å². The number of nitrogen functional groups attached to an aromatic ring is 1. The number of aromatic nitrogens is 5. The van der Waals surface area contributed by atoms with Gasteiger partial charge in [-0.05, 0) is 30.7 Å². The van der Waals surface area contributed by atoms with Gasteiger partial charge in [-0.25, -0.2) is 9.97 Å². The minimum Gasteiger partial charge on any atom is -0.399 e. The van der Waals surface area contributed by atoms with Crippen molar-refractivity contribution in [3.63, 3.8) is 0 Å². The van der Waals surface area contributed by atoms with Crippen LogP contribution < -0.4 is 5.73 Å². The quantitative estimate of drug-likeness (QED) is 0.678. The highest BCUT2D eigenvalue weighted by Gasteiger charge is 2.09. The predicted molar refractivity (Wildman–Crippen MR) is 72.0 cm³/mol. The highest BCUT2D eigenvalue weighted by molar-refractivity contribution is 5.63. The lowest BCUT2D eigenvalue weighted by atomic mass is 10.1. The SMILES string of the molecule is Cc1cc(-c2n[nH]c(-c3cnccn3)n2)ccc1N. The molecule has 0 aliphatic carbocycles. The summed E-state index contributed by atoms with van der Waals surface area (Å²) in [6.45, 7) is 1.95. The van der Waals surface area contributed by atoms with Gasteiger partial charge in [0.15, 0.2) is 11.6 Å². The van der Waals surface area contributed by atoms with Crippen LogP contribution in [0.15, 0.2) is 36.8 Å². The molecule has 0 radical (unpaired) electrons. The van der Waals surface area contributed by atoms with Crippen LogP contribution in [-0.2, 0) is 0 Å². The van der Waals surface area contributed by atoms with Gasteiger partial charge in [-0.2, -0.15) is 5.10 Å². The molecule has 0 bridgehead atoms. The van der Waals surface area contributed by atoms with Crippen LogP contribution in [0, 0.1) is 6.92 Å². The number of anilines is 1. The zero-order valence-electron chi connectivity index (χ0n) is 10.3. The van der Waals surface area contributed by atoms with Crippen LogP contribution in [0.3, 0.4) is 0 Å². The molecule has 2 heterocycles. The Morgan fingerprint density at radius 2 is 2.11 bits per heavy atom. The number of nitrogens with one attached hydrogen (secondary N) is 1. The maximum atomic E-state index is 5.80. The van der Waals surface area contributed by atoms with E-state index in [9.17, 15) is 0 Å². The third-order valence-corrected chi connectivity index (χ3v) is 2.82. The summed E-state index contributed by atoms with van der Waals surface area (Å²) >= 11 is 0. The highest BCUT2D eigenvalue weighted by Crippen LogP contribution is 2.21. The van der Waals surface area contributed by atoms with Gasteiger partial charge in [-0.3, -0.25) is 10.1 Å². The molecule has 3 N–H and O–H groups in total. The number of hydrogen-bond acceptors (Lipinski definition) is 5. The van der Waals surface area contributed by atoms with E-state index >= 15 is 0 Å². The van der Waals surface area contributed by atoms with Crippen molar-refractivity contribution in [3.8, 4) is 22.9 Å². The topological polar surface area (TPSA) is 93.4 Å². The first kappa shape index (κ1) is 11.3. The lowest BCUT2D eigenvalue weighted by Gasteiger charge is -2.01. The second kappa shape index (κ2) is 4.49. The second-order valence-electron chi connectivity index (χ2n) is 4.17. The largest absolute Gasteiger partial charge is 0.399 e. The Kier molecular flexibility index (Phi) is 2.68. The summed E-state index contributed by atoms with van der Waals surface area (Å²) < 4.78 is 0. The molecule has 1 aromatic carbocycles. The number of benzene rings is 1. The van der Waals surface area contributed by atoms with Crippen LogP contribution in [0.4, 0.5) is 5.69 Å². The van der Waals surface area contributed by atoms with Gasteiger partial charge in [0.25, 0.3) is 0 Å². The van der Waals surface area contributed by atoms with Crippen LogP contribution in [0.25, 0.3) is 22.9 Å². The number of rotatable bonds is 2. The Morgan fingerprint density at radius 1 is 1.21 bits per heavy atom. The summed E-state index contributed by atoms with van der Waals surface area (Å²) in [5.74, 6) is 1.21. The molecule has 0 saturated carbocycles. The standard InChI is InChI=1S/C13H12N6/c1-8-6-9(2-3-10(8)14)12-17-13(19-18-12)11-7-15-4-5-16-11/h2-7H,14H2,1H3,(H,17,18,19). The van der Waals surface area contributed by atoms with Crippen molar-refractivity contribution in [3.05, 3.63) is 42.4 Å². The summed E-state index contributed by atoms with van der Waals surface area (Å²) in [5, 5.41) is 7.05. The van der Waals surface area contributed by atoms with Crippen LogP contribution in [0.5, 0.6) is 0 Å². The van der Waals surface area contributed by atoms with E-state index in [0.29, 0.717) is 17.3 Å². The number of aromatic amines is 1. The van der Waals surface area contributed by atoms with Crippen molar-refractivity contribution < 1.29 is 0 Å². The van der Waals surface area contributed by atoms with E-state index in [1.54, 1.807) is 18.6 Å². The average Bonchev–Trinajstić information content (AvgIpc) is 2.93. The minimum absolute atomic E-state index is 0.595. The molecule has 94 valence electrons. The lowest BCUT2D eigenvalue weighted by molar-refractivity contribution is 1.08. The number of aryl methyl sites for hydroxylation is 1. The Morgan fingerprint density at radius 3 is 2.84 bits per heavy atom. The second-order valence-corrected chi connectivity index (χ2v) is 4.17. The van der Waals surface area contributed by atoms with E-state index in [2.05, 4.69) is 25.1 Å². The molecule has 3 aromatic rings. The molecule has 0 aliphatic heterocycles. The van der Waals surface area contributed by atoms with Crippen molar-refractivity contribution in [1.29, 1.82) is 0 Å². The summed E-state index contributed by atoms with van der Waals surface area (Å²) in [6.07, 6.45) is 4.87. The minimum atomic E-state index is 0.595. The maximum Gasteiger partial charge on any atom is 0.181 e. The van der Waals surface area contributed by atoms with Crippen LogP contribution in [0.1, 0.15) is 5.56 Å². The number of nitrogens with two attached hydrogens (primary N) is 1. The first-order chi connectivity index (χ1) is 9.24. The molecular weight excluding hydrogens is 240 g/mol. The van der Waals surface area contributed by atoms with Gasteiger partial charge >= 0.3 is 0 Å².